The fourth-order valence-electron chi connectivity index (χ4n) is 3.30. The Kier molecular flexibility index (Phi) is 5.76. The fourth-order valence-corrected chi connectivity index (χ4v) is 4.61. The minimum absolute atomic E-state index is 0.0988. The van der Waals surface area contributed by atoms with Gasteiger partial charge in [0.2, 0.25) is 5.88 Å². The molecule has 2 N–H and O–H groups in total. The van der Waals surface area contributed by atoms with Crippen molar-refractivity contribution in [2.24, 2.45) is 4.36 Å². The number of hydrogen-bond donors (Lipinski definition) is 1. The van der Waals surface area contributed by atoms with Gasteiger partial charge in [0.05, 0.1) is 54.6 Å². The average Bonchev–Trinajstić information content (AvgIpc) is 2.65. The molecule has 162 valence electrons. The molecule has 0 amide bonds. The molecule has 2 saturated heterocycles. The van der Waals surface area contributed by atoms with Gasteiger partial charge in [-0.05, 0) is 13.0 Å². The minimum atomic E-state index is -2.50. The van der Waals surface area contributed by atoms with Gasteiger partial charge >= 0.3 is 0 Å². The Hall–Kier alpha value is -2.50. The lowest BCUT2D eigenvalue weighted by molar-refractivity contribution is 0.0431. The molecule has 4 rings (SSSR count). The maximum absolute atomic E-state index is 13.1. The molecule has 30 heavy (non-hydrogen) atoms. The molecule has 11 heteroatoms. The molecule has 0 bridgehead atoms. The van der Waals surface area contributed by atoms with Crippen LogP contribution < -0.4 is 15.4 Å². The van der Waals surface area contributed by atoms with Crippen LogP contribution in [0.25, 0.3) is 11.4 Å². The topological polar surface area (TPSA) is 125 Å². The molecule has 0 saturated carbocycles. The van der Waals surface area contributed by atoms with Crippen molar-refractivity contribution in [1.29, 1.82) is 0 Å². The minimum Gasteiger partial charge on any atom is -0.481 e. The van der Waals surface area contributed by atoms with Gasteiger partial charge in [0.15, 0.2) is 11.6 Å². The predicted octanol–water partition coefficient (Wildman–Crippen LogP) is 1.48. The number of hydrogen-bond acceptors (Lipinski definition) is 10. The molecule has 1 unspecified atom stereocenters. The summed E-state index contributed by atoms with van der Waals surface area (Å²) >= 11 is 0. The number of methoxy groups -OCH3 is 1. The molecule has 2 aromatic rings. The van der Waals surface area contributed by atoms with Crippen LogP contribution in [0.2, 0.25) is 0 Å². The molecular formula is C19H26N6O4S. The SMILES string of the molecule is COc1cc(-c2nc(N=S(C)(=O)C3COC3)cc(N3CCOC[C@H]3C)n2)cc(N)n1. The summed E-state index contributed by atoms with van der Waals surface area (Å²) in [6.07, 6.45) is 1.65. The molecular weight excluding hydrogens is 408 g/mol. The number of nitrogens with two attached hydrogens (primary N) is 1. The van der Waals surface area contributed by atoms with Crippen LogP contribution >= 0.6 is 0 Å². The normalized spacial score (nSPS) is 21.6. The van der Waals surface area contributed by atoms with Crippen molar-refractivity contribution in [2.45, 2.75) is 18.2 Å². The smallest absolute Gasteiger partial charge is 0.215 e. The summed E-state index contributed by atoms with van der Waals surface area (Å²) in [6, 6.07) is 5.30. The van der Waals surface area contributed by atoms with Crippen LogP contribution in [0.1, 0.15) is 6.92 Å². The van der Waals surface area contributed by atoms with Gasteiger partial charge in [0, 0.05) is 30.5 Å². The molecule has 2 atom stereocenters. The van der Waals surface area contributed by atoms with Crippen LogP contribution in [0, 0.1) is 0 Å². The summed E-state index contributed by atoms with van der Waals surface area (Å²) in [5.74, 6) is 2.13. The quantitative estimate of drug-likeness (QED) is 0.745. The number of pyridine rings is 1. The highest BCUT2D eigenvalue weighted by molar-refractivity contribution is 7.93. The Balaban J connectivity index is 1.83. The van der Waals surface area contributed by atoms with Gasteiger partial charge in [0.1, 0.15) is 11.6 Å². The Morgan fingerprint density at radius 3 is 2.67 bits per heavy atom. The van der Waals surface area contributed by atoms with Gasteiger partial charge in [-0.15, -0.1) is 0 Å². The maximum Gasteiger partial charge on any atom is 0.215 e. The van der Waals surface area contributed by atoms with E-state index in [1.807, 2.05) is 0 Å². The zero-order valence-corrected chi connectivity index (χ0v) is 18.1. The van der Waals surface area contributed by atoms with E-state index in [0.29, 0.717) is 67.7 Å². The molecule has 2 aliphatic rings. The summed E-state index contributed by atoms with van der Waals surface area (Å²) in [5, 5.41) is -0.0988. The first-order chi connectivity index (χ1) is 14.4. The molecule has 2 fully saturated rings. The van der Waals surface area contributed by atoms with E-state index in [2.05, 4.69) is 26.2 Å². The van der Waals surface area contributed by atoms with Gasteiger partial charge in [-0.3, -0.25) is 0 Å². The zero-order valence-electron chi connectivity index (χ0n) is 17.3. The number of nitrogen functional groups attached to an aromatic ring is 1. The third kappa shape index (κ3) is 4.32. The molecule has 4 heterocycles. The molecule has 0 aromatic carbocycles. The summed E-state index contributed by atoms with van der Waals surface area (Å²) < 4.78 is 33.6. The van der Waals surface area contributed by atoms with Crippen LogP contribution in [-0.4, -0.2) is 76.8 Å². The van der Waals surface area contributed by atoms with Crippen LogP contribution in [-0.2, 0) is 19.2 Å². The average molecular weight is 435 g/mol. The van der Waals surface area contributed by atoms with Gasteiger partial charge in [-0.2, -0.15) is 9.35 Å². The van der Waals surface area contributed by atoms with Crippen molar-refractivity contribution in [2.75, 3.05) is 57.0 Å². The molecule has 0 aliphatic carbocycles. The van der Waals surface area contributed by atoms with E-state index < -0.39 is 9.73 Å². The number of ether oxygens (including phenoxy) is 3. The molecule has 10 nitrogen and oxygen atoms in total. The Morgan fingerprint density at radius 2 is 2.00 bits per heavy atom. The first kappa shape index (κ1) is 20.8. The second-order valence-corrected chi connectivity index (χ2v) is 10.0. The van der Waals surface area contributed by atoms with Crippen molar-refractivity contribution >= 4 is 27.2 Å². The highest BCUT2D eigenvalue weighted by Crippen LogP contribution is 2.29. The lowest BCUT2D eigenvalue weighted by Gasteiger charge is -2.34. The zero-order chi connectivity index (χ0) is 21.3. The van der Waals surface area contributed by atoms with E-state index in [0.717, 1.165) is 0 Å². The lowest BCUT2D eigenvalue weighted by Crippen LogP contribution is -2.44. The maximum atomic E-state index is 13.1. The van der Waals surface area contributed by atoms with Gasteiger partial charge in [-0.25, -0.2) is 14.2 Å². The Bertz CT molecular complexity index is 1050. The first-order valence-corrected chi connectivity index (χ1v) is 11.7. The summed E-state index contributed by atoms with van der Waals surface area (Å²) in [5.41, 5.74) is 6.57. The summed E-state index contributed by atoms with van der Waals surface area (Å²) in [6.45, 7) is 4.86. The van der Waals surface area contributed by atoms with Crippen molar-refractivity contribution in [1.82, 2.24) is 15.0 Å². The van der Waals surface area contributed by atoms with Crippen LogP contribution in [0.3, 0.4) is 0 Å². The van der Waals surface area contributed by atoms with Crippen LogP contribution in [0.5, 0.6) is 5.88 Å². The highest BCUT2D eigenvalue weighted by Gasteiger charge is 2.28. The lowest BCUT2D eigenvalue weighted by atomic mass is 10.2. The van der Waals surface area contributed by atoms with E-state index in [-0.39, 0.29) is 11.3 Å². The highest BCUT2D eigenvalue weighted by atomic mass is 32.2. The first-order valence-electron chi connectivity index (χ1n) is 9.70. The van der Waals surface area contributed by atoms with E-state index in [4.69, 9.17) is 24.9 Å². The Morgan fingerprint density at radius 1 is 1.20 bits per heavy atom. The standard InChI is InChI=1S/C19H26N6O4S/c1-12-9-28-5-4-25(12)17-8-16(24-30(3,26)14-10-29-11-14)22-19(23-17)13-6-15(20)21-18(7-13)27-2/h6-8,12,14H,4-5,9-11H2,1-3H3,(H2,20,21)/t12-,30?/m1/s1. The molecule has 0 radical (unpaired) electrons. The van der Waals surface area contributed by atoms with Gasteiger partial charge < -0.3 is 24.8 Å². The predicted molar refractivity (Wildman–Crippen MR) is 115 cm³/mol. The second kappa shape index (κ2) is 8.32. The van der Waals surface area contributed by atoms with E-state index in [9.17, 15) is 4.21 Å². The monoisotopic (exact) mass is 434 g/mol. The third-order valence-electron chi connectivity index (χ3n) is 5.15. The van der Waals surface area contributed by atoms with E-state index in [1.54, 1.807) is 24.5 Å². The van der Waals surface area contributed by atoms with Crippen LogP contribution in [0.4, 0.5) is 17.5 Å². The summed E-state index contributed by atoms with van der Waals surface area (Å²) in [7, 11) is -0.983. The van der Waals surface area contributed by atoms with Gasteiger partial charge in [0.25, 0.3) is 0 Å². The van der Waals surface area contributed by atoms with E-state index in [1.165, 1.54) is 7.11 Å². The second-order valence-electron chi connectivity index (χ2n) is 7.46. The summed E-state index contributed by atoms with van der Waals surface area (Å²) in [4.78, 5) is 15.6. The number of anilines is 2. The van der Waals surface area contributed by atoms with Gasteiger partial charge in [-0.1, -0.05) is 0 Å². The van der Waals surface area contributed by atoms with Crippen LogP contribution in [0.15, 0.2) is 22.6 Å². The van der Waals surface area contributed by atoms with Crippen molar-refractivity contribution in [3.63, 3.8) is 0 Å². The molecule has 0 spiro atoms. The van der Waals surface area contributed by atoms with E-state index >= 15 is 0 Å². The number of aromatic nitrogens is 3. The molecule has 2 aromatic heterocycles. The van der Waals surface area contributed by atoms with Crippen molar-refractivity contribution in [3.8, 4) is 17.3 Å². The number of morpholine rings is 1. The number of nitrogens with zero attached hydrogens (tertiary/aromatic N) is 5. The number of rotatable bonds is 5. The van der Waals surface area contributed by atoms with Crippen molar-refractivity contribution < 1.29 is 18.4 Å². The van der Waals surface area contributed by atoms with Crippen molar-refractivity contribution in [3.05, 3.63) is 18.2 Å². The fraction of sp³-hybridized carbons (Fsp3) is 0.526. The molecule has 2 aliphatic heterocycles. The third-order valence-corrected chi connectivity index (χ3v) is 7.21. The largest absolute Gasteiger partial charge is 0.481 e. The Labute approximate surface area is 176 Å².